The average molecular weight is 459 g/mol. The molecule has 0 radical (unpaired) electrons. The van der Waals surface area contributed by atoms with E-state index in [0.29, 0.717) is 35.8 Å². The van der Waals surface area contributed by atoms with Crippen LogP contribution in [0.15, 0.2) is 29.9 Å². The molecule has 170 valence electrons. The van der Waals surface area contributed by atoms with Crippen LogP contribution in [0.2, 0.25) is 0 Å². The Kier molecular flexibility index (Phi) is 6.11. The fourth-order valence-corrected chi connectivity index (χ4v) is 4.45. The normalized spacial score (nSPS) is 16.6. The van der Waals surface area contributed by atoms with Crippen molar-refractivity contribution in [2.45, 2.75) is 46.0 Å². The lowest BCUT2D eigenvalue weighted by atomic mass is 9.92. The Morgan fingerprint density at radius 1 is 1.31 bits per heavy atom. The van der Waals surface area contributed by atoms with Gasteiger partial charge in [0.2, 0.25) is 11.9 Å². The van der Waals surface area contributed by atoms with E-state index in [1.54, 1.807) is 11.1 Å². The van der Waals surface area contributed by atoms with Crippen molar-refractivity contribution in [3.8, 4) is 0 Å². The second-order valence-corrected chi connectivity index (χ2v) is 10.0. The molecule has 0 bridgehead atoms. The molecular formula is C22H27FN6O2S. The number of anilines is 1. The highest BCUT2D eigenvalue weighted by molar-refractivity contribution is 7.17. The van der Waals surface area contributed by atoms with Gasteiger partial charge < -0.3 is 15.3 Å². The van der Waals surface area contributed by atoms with Crippen molar-refractivity contribution >= 4 is 33.4 Å². The molecule has 0 aromatic carbocycles. The predicted octanol–water partition coefficient (Wildman–Crippen LogP) is 3.24. The molecule has 3 aromatic rings. The van der Waals surface area contributed by atoms with Crippen LogP contribution in [0.1, 0.15) is 51.2 Å². The van der Waals surface area contributed by atoms with Gasteiger partial charge in [0.15, 0.2) is 0 Å². The first-order chi connectivity index (χ1) is 15.1. The maximum Gasteiger partial charge on any atom is 0.228 e. The van der Waals surface area contributed by atoms with Crippen molar-refractivity contribution in [1.29, 1.82) is 0 Å². The van der Waals surface area contributed by atoms with E-state index in [2.05, 4.69) is 25.6 Å². The summed E-state index contributed by atoms with van der Waals surface area (Å²) in [6.45, 7) is 8.64. The summed E-state index contributed by atoms with van der Waals surface area (Å²) in [5.41, 5.74) is 1.43. The summed E-state index contributed by atoms with van der Waals surface area (Å²) in [7, 11) is 0. The zero-order valence-corrected chi connectivity index (χ0v) is 19.3. The van der Waals surface area contributed by atoms with Crippen LogP contribution < -0.4 is 10.6 Å². The molecule has 0 spiro atoms. The van der Waals surface area contributed by atoms with Gasteiger partial charge in [-0.25, -0.2) is 14.4 Å². The molecule has 3 N–H and O–H groups in total. The molecule has 0 saturated carbocycles. The molecule has 8 nitrogen and oxygen atoms in total. The van der Waals surface area contributed by atoms with E-state index in [-0.39, 0.29) is 18.0 Å². The number of thiophene rings is 1. The van der Waals surface area contributed by atoms with E-state index in [4.69, 9.17) is 0 Å². The highest BCUT2D eigenvalue weighted by Gasteiger charge is 2.37. The molecule has 4 heterocycles. The number of halogens is 1. The molecule has 1 saturated heterocycles. The minimum Gasteiger partial charge on any atom is -0.373 e. The molecule has 1 amide bonds. The lowest BCUT2D eigenvalue weighted by molar-refractivity contribution is -0.145. The van der Waals surface area contributed by atoms with Crippen LogP contribution in [0.3, 0.4) is 0 Å². The van der Waals surface area contributed by atoms with E-state index < -0.39 is 17.5 Å². The molecule has 1 aliphatic rings. The number of pyridine rings is 1. The zero-order chi connectivity index (χ0) is 23.0. The summed E-state index contributed by atoms with van der Waals surface area (Å²) >= 11 is 1.45. The van der Waals surface area contributed by atoms with Gasteiger partial charge in [-0.3, -0.25) is 15.1 Å². The van der Waals surface area contributed by atoms with Gasteiger partial charge in [-0.1, -0.05) is 20.8 Å². The predicted molar refractivity (Wildman–Crippen MR) is 122 cm³/mol. The third kappa shape index (κ3) is 4.72. The lowest BCUT2D eigenvalue weighted by Crippen LogP contribution is -2.62. The fraction of sp³-hybridized carbons (Fsp3) is 0.455. The SMILES string of the molecule is C[C@H](Nc1nc(C(O)NC2CN(C(=O)C(C)(C)C)C2)c2sccc2n1)c1cncc(F)c1. The number of likely N-dealkylation sites (tertiary alicyclic amines) is 1. The molecule has 1 aliphatic heterocycles. The number of aliphatic hydroxyl groups is 1. The number of rotatable bonds is 6. The summed E-state index contributed by atoms with van der Waals surface area (Å²) in [4.78, 5) is 27.1. The number of carbonyl (C=O) groups excluding carboxylic acids is 1. The van der Waals surface area contributed by atoms with E-state index in [9.17, 15) is 14.3 Å². The van der Waals surface area contributed by atoms with Gasteiger partial charge in [-0.2, -0.15) is 0 Å². The summed E-state index contributed by atoms with van der Waals surface area (Å²) in [6, 6.07) is 2.97. The largest absolute Gasteiger partial charge is 0.373 e. The Morgan fingerprint density at radius 3 is 2.75 bits per heavy atom. The maximum absolute atomic E-state index is 13.5. The minimum absolute atomic E-state index is 0.0185. The van der Waals surface area contributed by atoms with Crippen molar-refractivity contribution in [2.24, 2.45) is 5.41 Å². The maximum atomic E-state index is 13.5. The number of fused-ring (bicyclic) bond motifs is 1. The molecular weight excluding hydrogens is 431 g/mol. The Hall–Kier alpha value is -2.69. The van der Waals surface area contributed by atoms with Crippen LogP contribution in [0.25, 0.3) is 10.2 Å². The standard InChI is InChI=1S/C22H27FN6O2S/c1-12(13-7-14(23)9-24-8-13)25-21-27-16-5-6-32-18(16)17(28-21)19(30)26-15-10-29(11-15)20(31)22(2,3)4/h5-9,12,15,19,26,30H,10-11H2,1-4H3,(H,25,27,28)/t12-,19?/m0/s1. The van der Waals surface area contributed by atoms with Gasteiger partial charge in [-0.15, -0.1) is 11.3 Å². The summed E-state index contributed by atoms with van der Waals surface area (Å²) < 4.78 is 14.3. The number of nitrogens with one attached hydrogen (secondary N) is 2. The molecule has 4 rings (SSSR count). The molecule has 3 aromatic heterocycles. The van der Waals surface area contributed by atoms with Gasteiger partial charge in [0, 0.05) is 30.7 Å². The Balaban J connectivity index is 1.48. The van der Waals surface area contributed by atoms with Crippen molar-refractivity contribution in [2.75, 3.05) is 18.4 Å². The first-order valence-electron chi connectivity index (χ1n) is 10.5. The highest BCUT2D eigenvalue weighted by atomic mass is 32.1. The Morgan fingerprint density at radius 2 is 2.06 bits per heavy atom. The Labute approximate surface area is 189 Å². The summed E-state index contributed by atoms with van der Waals surface area (Å²) in [6.07, 6.45) is 1.73. The number of hydrogen-bond donors (Lipinski definition) is 3. The lowest BCUT2D eigenvalue weighted by Gasteiger charge is -2.43. The van der Waals surface area contributed by atoms with E-state index in [1.165, 1.54) is 17.4 Å². The van der Waals surface area contributed by atoms with Crippen LogP contribution >= 0.6 is 11.3 Å². The Bertz CT molecular complexity index is 1130. The van der Waals surface area contributed by atoms with Crippen molar-refractivity contribution in [1.82, 2.24) is 25.2 Å². The first-order valence-corrected chi connectivity index (χ1v) is 11.4. The number of nitrogens with zero attached hydrogens (tertiary/aromatic N) is 4. The van der Waals surface area contributed by atoms with Crippen molar-refractivity contribution in [3.05, 3.63) is 47.0 Å². The van der Waals surface area contributed by atoms with Gasteiger partial charge in [-0.05, 0) is 30.0 Å². The summed E-state index contributed by atoms with van der Waals surface area (Å²) in [5.74, 6) is 0.0202. The van der Waals surface area contributed by atoms with Gasteiger partial charge in [0.1, 0.15) is 17.7 Å². The van der Waals surface area contributed by atoms with Crippen molar-refractivity contribution < 1.29 is 14.3 Å². The van der Waals surface area contributed by atoms with Crippen molar-refractivity contribution in [3.63, 3.8) is 0 Å². The third-order valence-electron chi connectivity index (χ3n) is 5.36. The molecule has 10 heteroatoms. The second kappa shape index (κ2) is 8.68. The van der Waals surface area contributed by atoms with Gasteiger partial charge in [0.05, 0.1) is 22.5 Å². The van der Waals surface area contributed by atoms with Crippen LogP contribution in [0.5, 0.6) is 0 Å². The molecule has 1 fully saturated rings. The average Bonchev–Trinajstić information content (AvgIpc) is 3.17. The molecule has 32 heavy (non-hydrogen) atoms. The van der Waals surface area contributed by atoms with Gasteiger partial charge in [0.25, 0.3) is 0 Å². The number of carbonyl (C=O) groups is 1. The van der Waals surface area contributed by atoms with E-state index >= 15 is 0 Å². The van der Waals surface area contributed by atoms with Crippen LogP contribution in [0.4, 0.5) is 10.3 Å². The van der Waals surface area contributed by atoms with E-state index in [0.717, 1.165) is 10.9 Å². The summed E-state index contributed by atoms with van der Waals surface area (Å²) in [5, 5.41) is 19.1. The van der Waals surface area contributed by atoms with Gasteiger partial charge >= 0.3 is 0 Å². The number of aromatic nitrogens is 3. The molecule has 2 atom stereocenters. The molecule has 1 unspecified atom stereocenters. The second-order valence-electron chi connectivity index (χ2n) is 9.10. The van der Waals surface area contributed by atoms with Crippen LogP contribution in [-0.2, 0) is 4.79 Å². The minimum atomic E-state index is -1.01. The quantitative estimate of drug-likeness (QED) is 0.487. The fourth-order valence-electron chi connectivity index (χ4n) is 3.60. The number of hydrogen-bond acceptors (Lipinski definition) is 8. The highest BCUT2D eigenvalue weighted by Crippen LogP contribution is 2.29. The van der Waals surface area contributed by atoms with Crippen LogP contribution in [0, 0.1) is 11.2 Å². The third-order valence-corrected chi connectivity index (χ3v) is 6.29. The van der Waals surface area contributed by atoms with Crippen LogP contribution in [-0.4, -0.2) is 50.0 Å². The molecule has 0 aliphatic carbocycles. The monoisotopic (exact) mass is 458 g/mol. The van der Waals surface area contributed by atoms with E-state index in [1.807, 2.05) is 39.1 Å². The first kappa shape index (κ1) is 22.5. The number of amides is 1. The smallest absolute Gasteiger partial charge is 0.228 e. The zero-order valence-electron chi connectivity index (χ0n) is 18.5. The number of aliphatic hydroxyl groups excluding tert-OH is 1. The topological polar surface area (TPSA) is 103 Å².